The van der Waals surface area contributed by atoms with Crippen molar-refractivity contribution in [1.29, 1.82) is 0 Å². The van der Waals surface area contributed by atoms with Crippen molar-refractivity contribution in [3.05, 3.63) is 59.5 Å². The highest BCUT2D eigenvalue weighted by Crippen LogP contribution is 2.10. The van der Waals surface area contributed by atoms with Gasteiger partial charge in [0.05, 0.1) is 6.26 Å². The number of nitrogens with one attached hydrogen (secondary N) is 1. The van der Waals surface area contributed by atoms with Crippen molar-refractivity contribution in [3.63, 3.8) is 0 Å². The second-order valence-electron chi connectivity index (χ2n) is 5.04. The van der Waals surface area contributed by atoms with Gasteiger partial charge in [0.25, 0.3) is 0 Å². The van der Waals surface area contributed by atoms with E-state index >= 15 is 0 Å². The minimum Gasteiger partial charge on any atom is -0.469 e. The van der Waals surface area contributed by atoms with Crippen molar-refractivity contribution in [2.45, 2.75) is 32.4 Å². The van der Waals surface area contributed by atoms with Crippen LogP contribution in [0.5, 0.6) is 0 Å². The maximum Gasteiger partial charge on any atom is 0.170 e. The Morgan fingerprint density at radius 3 is 2.86 bits per heavy atom. The van der Waals surface area contributed by atoms with Crippen LogP contribution >= 0.6 is 0 Å². The van der Waals surface area contributed by atoms with Crippen LogP contribution in [0.25, 0.3) is 0 Å². The van der Waals surface area contributed by atoms with Crippen LogP contribution in [0.1, 0.15) is 30.2 Å². The molecule has 0 aliphatic heterocycles. The van der Waals surface area contributed by atoms with Crippen LogP contribution in [0.4, 0.5) is 0 Å². The third-order valence-corrected chi connectivity index (χ3v) is 3.45. The molecule has 1 unspecified atom stereocenters. The summed E-state index contributed by atoms with van der Waals surface area (Å²) in [6, 6.07) is 11.9. The van der Waals surface area contributed by atoms with Crippen molar-refractivity contribution < 1.29 is 9.62 Å². The van der Waals surface area contributed by atoms with Gasteiger partial charge in [-0.15, -0.1) is 0 Å². The molecule has 0 aliphatic rings. The number of hydrogen-bond donors (Lipinski definition) is 3. The molecule has 0 fully saturated rings. The van der Waals surface area contributed by atoms with E-state index in [1.807, 2.05) is 36.4 Å². The Morgan fingerprint density at radius 1 is 1.33 bits per heavy atom. The summed E-state index contributed by atoms with van der Waals surface area (Å²) in [5, 5.41) is 15.3. The van der Waals surface area contributed by atoms with Crippen LogP contribution < -0.4 is 11.1 Å². The van der Waals surface area contributed by atoms with Gasteiger partial charge in [0.15, 0.2) is 5.84 Å². The van der Waals surface area contributed by atoms with Gasteiger partial charge < -0.3 is 20.7 Å². The highest BCUT2D eigenvalue weighted by atomic mass is 16.4. The number of nitrogens with two attached hydrogens (primary N) is 1. The Kier molecular flexibility index (Phi) is 5.40. The summed E-state index contributed by atoms with van der Waals surface area (Å²) >= 11 is 0. The van der Waals surface area contributed by atoms with Gasteiger partial charge in [-0.25, -0.2) is 0 Å². The van der Waals surface area contributed by atoms with Gasteiger partial charge >= 0.3 is 0 Å². The zero-order valence-electron chi connectivity index (χ0n) is 12.1. The van der Waals surface area contributed by atoms with E-state index in [1.54, 1.807) is 6.26 Å². The van der Waals surface area contributed by atoms with E-state index in [1.165, 1.54) is 0 Å². The maximum absolute atomic E-state index is 8.81. The molecule has 1 heterocycles. The molecule has 2 rings (SSSR count). The topological polar surface area (TPSA) is 83.8 Å². The molecule has 112 valence electrons. The number of oxime groups is 1. The van der Waals surface area contributed by atoms with E-state index < -0.39 is 0 Å². The lowest BCUT2D eigenvalue weighted by Gasteiger charge is -2.15. The van der Waals surface area contributed by atoms with Crippen LogP contribution in [-0.2, 0) is 13.0 Å². The number of aryl methyl sites for hydroxylation is 1. The van der Waals surface area contributed by atoms with E-state index in [4.69, 9.17) is 15.4 Å². The first-order chi connectivity index (χ1) is 10.2. The highest BCUT2D eigenvalue weighted by Gasteiger charge is 2.08. The monoisotopic (exact) mass is 287 g/mol. The molecule has 0 aliphatic carbocycles. The predicted molar refractivity (Wildman–Crippen MR) is 82.3 cm³/mol. The van der Waals surface area contributed by atoms with Crippen molar-refractivity contribution in [1.82, 2.24) is 5.32 Å². The van der Waals surface area contributed by atoms with Crippen molar-refractivity contribution in [2.75, 3.05) is 0 Å². The Hall–Kier alpha value is -2.27. The fourth-order valence-electron chi connectivity index (χ4n) is 2.18. The van der Waals surface area contributed by atoms with E-state index in [-0.39, 0.29) is 5.84 Å². The normalized spacial score (nSPS) is 13.3. The first-order valence-corrected chi connectivity index (χ1v) is 7.02. The average molecular weight is 287 g/mol. The molecular weight excluding hydrogens is 266 g/mol. The Bertz CT molecular complexity index is 579. The Labute approximate surface area is 124 Å². The summed E-state index contributed by atoms with van der Waals surface area (Å²) in [5.41, 5.74) is 7.45. The zero-order valence-corrected chi connectivity index (χ0v) is 12.1. The molecule has 0 saturated heterocycles. The molecule has 0 amide bonds. The molecule has 21 heavy (non-hydrogen) atoms. The first kappa shape index (κ1) is 15.1. The molecule has 0 spiro atoms. The molecule has 0 saturated carbocycles. The lowest BCUT2D eigenvalue weighted by molar-refractivity contribution is 0.318. The number of amidine groups is 1. The number of furan rings is 1. The number of rotatable bonds is 7. The summed E-state index contributed by atoms with van der Waals surface area (Å²) in [6.45, 7) is 2.81. The van der Waals surface area contributed by atoms with E-state index in [0.717, 1.165) is 29.7 Å². The second-order valence-corrected chi connectivity index (χ2v) is 5.04. The Balaban J connectivity index is 1.88. The van der Waals surface area contributed by atoms with Gasteiger partial charge in [-0.2, -0.15) is 0 Å². The zero-order chi connectivity index (χ0) is 15.1. The quantitative estimate of drug-likeness (QED) is 0.316. The molecule has 1 aromatic heterocycles. The summed E-state index contributed by atoms with van der Waals surface area (Å²) in [7, 11) is 0. The Morgan fingerprint density at radius 2 is 2.14 bits per heavy atom. The molecule has 0 radical (unpaired) electrons. The highest BCUT2D eigenvalue weighted by molar-refractivity contribution is 5.98. The first-order valence-electron chi connectivity index (χ1n) is 7.02. The van der Waals surface area contributed by atoms with Crippen LogP contribution in [0.2, 0.25) is 0 Å². The summed E-state index contributed by atoms with van der Waals surface area (Å²) in [5.74, 6) is 1.14. The van der Waals surface area contributed by atoms with Crippen molar-refractivity contribution in [2.24, 2.45) is 10.9 Å². The van der Waals surface area contributed by atoms with Gasteiger partial charge in [-0.1, -0.05) is 29.4 Å². The van der Waals surface area contributed by atoms with Gasteiger partial charge in [0, 0.05) is 24.6 Å². The smallest absolute Gasteiger partial charge is 0.170 e. The van der Waals surface area contributed by atoms with Crippen LogP contribution in [0.15, 0.2) is 52.2 Å². The van der Waals surface area contributed by atoms with Gasteiger partial charge in [0.2, 0.25) is 0 Å². The molecule has 4 N–H and O–H groups in total. The molecule has 5 heteroatoms. The number of hydrogen-bond acceptors (Lipinski definition) is 4. The number of nitrogens with zero attached hydrogens (tertiary/aromatic N) is 1. The average Bonchev–Trinajstić information content (AvgIpc) is 3.04. The maximum atomic E-state index is 8.81. The number of benzene rings is 1. The van der Waals surface area contributed by atoms with E-state index in [2.05, 4.69) is 17.4 Å². The molecule has 5 nitrogen and oxygen atoms in total. The van der Waals surface area contributed by atoms with Crippen molar-refractivity contribution in [3.8, 4) is 0 Å². The van der Waals surface area contributed by atoms with Crippen LogP contribution in [0.3, 0.4) is 0 Å². The fraction of sp³-hybridized carbons (Fsp3) is 0.312. The van der Waals surface area contributed by atoms with Gasteiger partial charge in [-0.05, 0) is 31.0 Å². The minimum absolute atomic E-state index is 0.135. The van der Waals surface area contributed by atoms with Crippen LogP contribution in [-0.4, -0.2) is 17.1 Å². The second kappa shape index (κ2) is 7.50. The molecule has 1 aromatic carbocycles. The molecular formula is C16H21N3O2. The summed E-state index contributed by atoms with van der Waals surface area (Å²) < 4.78 is 5.32. The van der Waals surface area contributed by atoms with Crippen LogP contribution in [0, 0.1) is 0 Å². The van der Waals surface area contributed by atoms with E-state index in [0.29, 0.717) is 12.6 Å². The third kappa shape index (κ3) is 4.36. The lowest BCUT2D eigenvalue weighted by Crippen LogP contribution is -2.27. The summed E-state index contributed by atoms with van der Waals surface area (Å²) in [6.07, 6.45) is 3.59. The molecule has 2 aromatic rings. The van der Waals surface area contributed by atoms with Crippen molar-refractivity contribution >= 4 is 5.84 Å². The van der Waals surface area contributed by atoms with Gasteiger partial charge in [0.1, 0.15) is 5.76 Å². The van der Waals surface area contributed by atoms with E-state index in [9.17, 15) is 0 Å². The predicted octanol–water partition coefficient (Wildman–Crippen LogP) is 2.48. The van der Waals surface area contributed by atoms with Gasteiger partial charge in [-0.3, -0.25) is 0 Å². The molecule has 1 atom stereocenters. The summed E-state index contributed by atoms with van der Waals surface area (Å²) in [4.78, 5) is 0. The minimum atomic E-state index is 0.135. The third-order valence-electron chi connectivity index (χ3n) is 3.45. The standard InChI is InChI=1S/C16H21N3O2/c1-12(8-9-14-6-4-10-21-14)18-11-13-5-2-3-7-15(13)16(17)19-20/h2-7,10,12,18,20H,8-9,11H2,1H3,(H2,17,19). The fourth-order valence-corrected chi connectivity index (χ4v) is 2.18. The molecule has 0 bridgehead atoms. The SMILES string of the molecule is CC(CCc1ccco1)NCc1ccccc1C(N)=NO. The lowest BCUT2D eigenvalue weighted by atomic mass is 10.1. The largest absolute Gasteiger partial charge is 0.469 e.